The monoisotopic (exact) mass is 388 g/mol. The predicted octanol–water partition coefficient (Wildman–Crippen LogP) is 2.56. The van der Waals surface area contributed by atoms with E-state index in [0.717, 1.165) is 11.4 Å². The maximum absolute atomic E-state index is 12.7. The summed E-state index contributed by atoms with van der Waals surface area (Å²) in [5.41, 5.74) is 1.71. The van der Waals surface area contributed by atoms with E-state index in [4.69, 9.17) is 5.10 Å². The molecule has 0 saturated carbocycles. The van der Waals surface area contributed by atoms with Gasteiger partial charge in [0.05, 0.1) is 17.9 Å². The standard InChI is InChI=1S/C20H28N4O2S/c1-15-14-27(26)11-10-23(15)13-19(25)21-18-12-17(20(2,3)4)22-24(18)16-8-6-5-7-9-16/h5-9,12,15H,10-11,13-14H2,1-4H3,(H,21,25)/t15-,27+/m0/s1. The molecule has 146 valence electrons. The van der Waals surface area contributed by atoms with E-state index in [1.54, 1.807) is 4.68 Å². The summed E-state index contributed by atoms with van der Waals surface area (Å²) in [5, 5.41) is 7.75. The highest BCUT2D eigenvalue weighted by molar-refractivity contribution is 7.85. The summed E-state index contributed by atoms with van der Waals surface area (Å²) in [4.78, 5) is 14.8. The molecule has 1 aromatic heterocycles. The molecule has 2 aromatic rings. The molecule has 6 nitrogen and oxygen atoms in total. The largest absolute Gasteiger partial charge is 0.309 e. The van der Waals surface area contributed by atoms with Crippen LogP contribution in [0.4, 0.5) is 5.82 Å². The summed E-state index contributed by atoms with van der Waals surface area (Å²) in [7, 11) is -0.767. The van der Waals surface area contributed by atoms with Crippen LogP contribution in [0.15, 0.2) is 36.4 Å². The Kier molecular flexibility index (Phi) is 5.81. The fraction of sp³-hybridized carbons (Fsp3) is 0.500. The first-order valence-corrected chi connectivity index (χ1v) is 10.8. The van der Waals surface area contributed by atoms with Crippen LogP contribution in [0.25, 0.3) is 5.69 Å². The lowest BCUT2D eigenvalue weighted by molar-refractivity contribution is -0.117. The van der Waals surface area contributed by atoms with Gasteiger partial charge < -0.3 is 5.32 Å². The summed E-state index contributed by atoms with van der Waals surface area (Å²) in [6.07, 6.45) is 0. The number of hydrogen-bond donors (Lipinski definition) is 1. The van der Waals surface area contributed by atoms with Crippen LogP contribution in [-0.2, 0) is 21.0 Å². The summed E-state index contributed by atoms with van der Waals surface area (Å²) < 4.78 is 13.5. The Morgan fingerprint density at radius 1 is 1.30 bits per heavy atom. The molecule has 0 unspecified atom stereocenters. The number of nitrogens with one attached hydrogen (secondary N) is 1. The second-order valence-corrected chi connectivity index (χ2v) is 9.71. The molecule has 0 radical (unpaired) electrons. The third-order valence-electron chi connectivity index (χ3n) is 4.75. The number of anilines is 1. The van der Waals surface area contributed by atoms with Gasteiger partial charge >= 0.3 is 0 Å². The maximum atomic E-state index is 12.7. The van der Waals surface area contributed by atoms with Crippen molar-refractivity contribution in [3.8, 4) is 5.69 Å². The highest BCUT2D eigenvalue weighted by Gasteiger charge is 2.26. The van der Waals surface area contributed by atoms with Crippen LogP contribution in [0.2, 0.25) is 0 Å². The van der Waals surface area contributed by atoms with E-state index < -0.39 is 10.8 Å². The SMILES string of the molecule is C[C@H]1C[S@](=O)CCN1CC(=O)Nc1cc(C(C)(C)C)nn1-c1ccccc1. The van der Waals surface area contributed by atoms with Gasteiger partial charge in [0, 0.05) is 46.4 Å². The molecular weight excluding hydrogens is 360 g/mol. The predicted molar refractivity (Wildman–Crippen MR) is 110 cm³/mol. The molecule has 27 heavy (non-hydrogen) atoms. The molecule has 0 spiro atoms. The van der Waals surface area contributed by atoms with Crippen LogP contribution in [0.3, 0.4) is 0 Å². The van der Waals surface area contributed by atoms with E-state index in [-0.39, 0.29) is 17.4 Å². The van der Waals surface area contributed by atoms with Crippen LogP contribution >= 0.6 is 0 Å². The van der Waals surface area contributed by atoms with Crippen molar-refractivity contribution in [3.63, 3.8) is 0 Å². The molecule has 7 heteroatoms. The van der Waals surface area contributed by atoms with Gasteiger partial charge in [-0.3, -0.25) is 13.9 Å². The number of para-hydroxylation sites is 1. The average Bonchev–Trinajstić information content (AvgIpc) is 3.02. The normalized spacial score (nSPS) is 21.2. The van der Waals surface area contributed by atoms with Gasteiger partial charge in [0.25, 0.3) is 0 Å². The lowest BCUT2D eigenvalue weighted by atomic mass is 9.92. The average molecular weight is 389 g/mol. The molecule has 1 amide bonds. The Morgan fingerprint density at radius 3 is 2.63 bits per heavy atom. The molecule has 1 aliphatic heterocycles. The van der Waals surface area contributed by atoms with E-state index in [0.29, 0.717) is 30.4 Å². The number of nitrogens with zero attached hydrogens (tertiary/aromatic N) is 3. The van der Waals surface area contributed by atoms with Crippen molar-refractivity contribution in [2.24, 2.45) is 0 Å². The zero-order valence-electron chi connectivity index (χ0n) is 16.4. The van der Waals surface area contributed by atoms with Gasteiger partial charge in [0.15, 0.2) is 0 Å². The summed E-state index contributed by atoms with van der Waals surface area (Å²) in [6, 6.07) is 11.9. The Morgan fingerprint density at radius 2 is 2.00 bits per heavy atom. The van der Waals surface area contributed by atoms with Crippen LogP contribution in [0, 0.1) is 0 Å². The zero-order valence-corrected chi connectivity index (χ0v) is 17.3. The van der Waals surface area contributed by atoms with E-state index in [2.05, 4.69) is 31.0 Å². The van der Waals surface area contributed by atoms with Crippen LogP contribution < -0.4 is 5.32 Å². The van der Waals surface area contributed by atoms with Crippen molar-refractivity contribution in [3.05, 3.63) is 42.1 Å². The van der Waals surface area contributed by atoms with Gasteiger partial charge in [-0.2, -0.15) is 5.10 Å². The van der Waals surface area contributed by atoms with Gasteiger partial charge in [-0.05, 0) is 19.1 Å². The lowest BCUT2D eigenvalue weighted by Gasteiger charge is -2.32. The smallest absolute Gasteiger partial charge is 0.239 e. The molecule has 0 bridgehead atoms. The molecule has 1 N–H and O–H groups in total. The molecule has 1 aromatic carbocycles. The van der Waals surface area contributed by atoms with Crippen molar-refractivity contribution >= 4 is 22.5 Å². The number of benzene rings is 1. The number of rotatable bonds is 4. The van der Waals surface area contributed by atoms with Crippen molar-refractivity contribution in [2.75, 3.05) is 29.9 Å². The molecule has 2 atom stereocenters. The van der Waals surface area contributed by atoms with Crippen LogP contribution in [-0.4, -0.2) is 55.4 Å². The topological polar surface area (TPSA) is 67.2 Å². The third-order valence-corrected chi connectivity index (χ3v) is 6.24. The number of carbonyl (C=O) groups is 1. The lowest BCUT2D eigenvalue weighted by Crippen LogP contribution is -2.48. The number of amides is 1. The Balaban J connectivity index is 1.80. The third kappa shape index (κ3) is 4.84. The minimum atomic E-state index is -0.767. The van der Waals surface area contributed by atoms with Crippen molar-refractivity contribution in [1.29, 1.82) is 0 Å². The molecular formula is C20H28N4O2S. The van der Waals surface area contributed by atoms with Gasteiger partial charge in [-0.15, -0.1) is 0 Å². The molecule has 3 rings (SSSR count). The first-order valence-electron chi connectivity index (χ1n) is 9.29. The Hall–Kier alpha value is -1.99. The molecule has 1 aliphatic rings. The number of carbonyl (C=O) groups excluding carboxylic acids is 1. The fourth-order valence-electron chi connectivity index (χ4n) is 3.10. The van der Waals surface area contributed by atoms with Gasteiger partial charge in [-0.1, -0.05) is 39.0 Å². The minimum Gasteiger partial charge on any atom is -0.309 e. The first kappa shape index (κ1) is 19.8. The molecule has 2 heterocycles. The summed E-state index contributed by atoms with van der Waals surface area (Å²) >= 11 is 0. The van der Waals surface area contributed by atoms with Crippen LogP contribution in [0.5, 0.6) is 0 Å². The Bertz CT molecular complexity index is 826. The van der Waals surface area contributed by atoms with E-state index >= 15 is 0 Å². The quantitative estimate of drug-likeness (QED) is 0.874. The number of aromatic nitrogens is 2. The highest BCUT2D eigenvalue weighted by atomic mass is 32.2. The molecule has 1 fully saturated rings. The minimum absolute atomic E-state index is 0.0768. The first-order chi connectivity index (χ1) is 12.7. The van der Waals surface area contributed by atoms with Gasteiger partial charge in [0.2, 0.25) is 5.91 Å². The number of hydrogen-bond acceptors (Lipinski definition) is 4. The summed E-state index contributed by atoms with van der Waals surface area (Å²) in [5.74, 6) is 1.85. The molecule has 1 saturated heterocycles. The second-order valence-electron chi connectivity index (χ2n) is 8.09. The van der Waals surface area contributed by atoms with E-state index in [1.165, 1.54) is 0 Å². The van der Waals surface area contributed by atoms with E-state index in [1.807, 2.05) is 43.3 Å². The van der Waals surface area contributed by atoms with Crippen molar-refractivity contribution in [1.82, 2.24) is 14.7 Å². The van der Waals surface area contributed by atoms with Crippen molar-refractivity contribution < 1.29 is 9.00 Å². The Labute approximate surface area is 163 Å². The zero-order chi connectivity index (χ0) is 19.6. The van der Waals surface area contributed by atoms with Gasteiger partial charge in [0.1, 0.15) is 5.82 Å². The fourth-order valence-corrected chi connectivity index (χ4v) is 4.46. The summed E-state index contributed by atoms with van der Waals surface area (Å²) in [6.45, 7) is 9.31. The van der Waals surface area contributed by atoms with Crippen molar-refractivity contribution in [2.45, 2.75) is 39.2 Å². The molecule has 0 aliphatic carbocycles. The second kappa shape index (κ2) is 7.94. The van der Waals surface area contributed by atoms with E-state index in [9.17, 15) is 9.00 Å². The highest BCUT2D eigenvalue weighted by Crippen LogP contribution is 2.26. The van der Waals surface area contributed by atoms with Gasteiger partial charge in [-0.25, -0.2) is 4.68 Å². The van der Waals surface area contributed by atoms with Crippen LogP contribution in [0.1, 0.15) is 33.4 Å². The maximum Gasteiger partial charge on any atom is 0.239 e.